The number of fused-ring (bicyclic) bond motifs is 1. The van der Waals surface area contributed by atoms with Crippen LogP contribution in [-0.2, 0) is 15.1 Å². The average molecular weight is 503 g/mol. The van der Waals surface area contributed by atoms with Gasteiger partial charge in [0, 0.05) is 15.7 Å². The van der Waals surface area contributed by atoms with Gasteiger partial charge in [0.15, 0.2) is 5.17 Å². The van der Waals surface area contributed by atoms with Gasteiger partial charge in [-0.3, -0.25) is 9.59 Å². The molecule has 0 aliphatic carbocycles. The maximum Gasteiger partial charge on any atom is 0.260 e. The largest absolute Gasteiger partial charge is 0.368 e. The van der Waals surface area contributed by atoms with Gasteiger partial charge in [0.05, 0.1) is 17.5 Å². The summed E-state index contributed by atoms with van der Waals surface area (Å²) in [5.74, 6) is -0.894. The van der Waals surface area contributed by atoms with Crippen LogP contribution in [0.4, 0.5) is 0 Å². The molecular formula is C24H24Cl2N4O2S. The second-order valence-electron chi connectivity index (χ2n) is 8.49. The minimum absolute atomic E-state index is 0.0295. The van der Waals surface area contributed by atoms with E-state index in [2.05, 4.69) is 17.1 Å². The number of thioether (sulfide) groups is 1. The number of hydrogen-bond acceptors (Lipinski definition) is 5. The first-order valence-corrected chi connectivity index (χ1v) is 12.1. The van der Waals surface area contributed by atoms with E-state index in [1.54, 1.807) is 0 Å². The Bertz CT molecular complexity index is 1160. The molecule has 0 bridgehead atoms. The minimum atomic E-state index is -0.629. The predicted molar refractivity (Wildman–Crippen MR) is 134 cm³/mol. The molecule has 2 amide bonds. The van der Waals surface area contributed by atoms with Crippen molar-refractivity contribution in [2.45, 2.75) is 32.4 Å². The first-order valence-electron chi connectivity index (χ1n) is 10.5. The molecule has 2 aliphatic heterocycles. The molecule has 0 spiro atoms. The van der Waals surface area contributed by atoms with Crippen LogP contribution < -0.4 is 11.1 Å². The third kappa shape index (κ3) is 4.37. The van der Waals surface area contributed by atoms with E-state index in [-0.39, 0.29) is 24.4 Å². The van der Waals surface area contributed by atoms with Gasteiger partial charge in [0.1, 0.15) is 5.54 Å². The summed E-state index contributed by atoms with van der Waals surface area (Å²) in [5, 5.41) is 4.65. The van der Waals surface area contributed by atoms with E-state index in [4.69, 9.17) is 33.9 Å². The summed E-state index contributed by atoms with van der Waals surface area (Å²) in [5.41, 5.74) is 7.48. The lowest BCUT2D eigenvalue weighted by Gasteiger charge is -2.37. The molecule has 0 radical (unpaired) electrons. The van der Waals surface area contributed by atoms with Gasteiger partial charge in [-0.25, -0.2) is 4.99 Å². The van der Waals surface area contributed by atoms with Crippen molar-refractivity contribution in [1.82, 2.24) is 10.2 Å². The van der Waals surface area contributed by atoms with Crippen LogP contribution in [0.3, 0.4) is 0 Å². The molecule has 33 heavy (non-hydrogen) atoms. The Morgan fingerprint density at radius 1 is 1.12 bits per heavy atom. The van der Waals surface area contributed by atoms with Crippen molar-refractivity contribution in [3.8, 4) is 0 Å². The Morgan fingerprint density at radius 2 is 1.70 bits per heavy atom. The van der Waals surface area contributed by atoms with Crippen LogP contribution in [0.15, 0.2) is 64.1 Å². The molecule has 4 rings (SSSR count). The number of primary amides is 1. The van der Waals surface area contributed by atoms with Crippen LogP contribution in [-0.4, -0.2) is 28.4 Å². The van der Waals surface area contributed by atoms with Gasteiger partial charge in [-0.15, -0.1) is 0 Å². The van der Waals surface area contributed by atoms with Gasteiger partial charge in [-0.2, -0.15) is 0 Å². The summed E-state index contributed by atoms with van der Waals surface area (Å²) in [6.45, 7) is 5.95. The summed E-state index contributed by atoms with van der Waals surface area (Å²) in [7, 11) is 0. The lowest BCUT2D eigenvalue weighted by Crippen LogP contribution is -2.37. The molecule has 0 saturated carbocycles. The quantitative estimate of drug-likeness (QED) is 0.591. The molecule has 0 saturated heterocycles. The zero-order valence-corrected chi connectivity index (χ0v) is 20.8. The van der Waals surface area contributed by atoms with E-state index in [0.717, 1.165) is 22.0 Å². The Balaban J connectivity index is 1.84. The van der Waals surface area contributed by atoms with Crippen molar-refractivity contribution in [3.63, 3.8) is 0 Å². The van der Waals surface area contributed by atoms with Gasteiger partial charge in [0.2, 0.25) is 5.91 Å². The molecule has 2 aromatic rings. The lowest BCUT2D eigenvalue weighted by atomic mass is 9.81. The standard InChI is InChI=1S/C24H24Cl2N4O2S/c1-13(2)19-20(22(32)28-12-18(27)31)33-23-29-24(3,15-6-10-17(26)11-7-15)21(30(19)23)14-4-8-16(25)9-5-14/h4-11,13,21H,12H2,1-3H3,(H2,27,31)(H,28,32)/t21-,24+/m1/s1. The smallest absolute Gasteiger partial charge is 0.260 e. The van der Waals surface area contributed by atoms with Crippen LogP contribution in [0.5, 0.6) is 0 Å². The number of nitrogens with two attached hydrogens (primary N) is 1. The molecule has 172 valence electrons. The number of nitrogens with zero attached hydrogens (tertiary/aromatic N) is 2. The molecule has 3 N–H and O–H groups in total. The molecular weight excluding hydrogens is 479 g/mol. The van der Waals surface area contributed by atoms with Crippen LogP contribution in [0, 0.1) is 5.92 Å². The zero-order chi connectivity index (χ0) is 23.9. The molecule has 2 heterocycles. The molecule has 2 aromatic carbocycles. The Hall–Kier alpha value is -2.48. The molecule has 2 aliphatic rings. The van der Waals surface area contributed by atoms with Crippen LogP contribution in [0.1, 0.15) is 37.9 Å². The van der Waals surface area contributed by atoms with Crippen LogP contribution >= 0.6 is 35.0 Å². The van der Waals surface area contributed by atoms with Crippen LogP contribution in [0.25, 0.3) is 0 Å². The highest BCUT2D eigenvalue weighted by molar-refractivity contribution is 8.18. The second-order valence-corrected chi connectivity index (χ2v) is 10.3. The van der Waals surface area contributed by atoms with Crippen molar-refractivity contribution in [1.29, 1.82) is 0 Å². The third-order valence-electron chi connectivity index (χ3n) is 5.80. The monoisotopic (exact) mass is 502 g/mol. The van der Waals surface area contributed by atoms with E-state index in [1.807, 2.05) is 62.4 Å². The van der Waals surface area contributed by atoms with Crippen molar-refractivity contribution < 1.29 is 9.59 Å². The summed E-state index contributed by atoms with van der Waals surface area (Å²) < 4.78 is 0. The number of rotatable bonds is 6. The molecule has 6 nitrogen and oxygen atoms in total. The Kier molecular flexibility index (Phi) is 6.49. The molecule has 2 atom stereocenters. The minimum Gasteiger partial charge on any atom is -0.368 e. The van der Waals surface area contributed by atoms with E-state index in [9.17, 15) is 9.59 Å². The summed E-state index contributed by atoms with van der Waals surface area (Å²) in [6, 6.07) is 15.2. The van der Waals surface area contributed by atoms with E-state index >= 15 is 0 Å². The van der Waals surface area contributed by atoms with Gasteiger partial charge >= 0.3 is 0 Å². The van der Waals surface area contributed by atoms with E-state index in [0.29, 0.717) is 15.0 Å². The van der Waals surface area contributed by atoms with Gasteiger partial charge in [0.25, 0.3) is 5.91 Å². The molecule has 0 aromatic heterocycles. The van der Waals surface area contributed by atoms with Crippen molar-refractivity contribution in [2.75, 3.05) is 6.54 Å². The molecule has 0 fully saturated rings. The van der Waals surface area contributed by atoms with Crippen molar-refractivity contribution in [3.05, 3.63) is 80.3 Å². The lowest BCUT2D eigenvalue weighted by molar-refractivity contribution is -0.122. The first kappa shape index (κ1) is 23.7. The summed E-state index contributed by atoms with van der Waals surface area (Å²) in [6.07, 6.45) is 0. The molecule has 0 unspecified atom stereocenters. The number of carbonyl (C=O) groups is 2. The van der Waals surface area contributed by atoms with Crippen LogP contribution in [0.2, 0.25) is 10.0 Å². The highest BCUT2D eigenvalue weighted by Gasteiger charge is 2.53. The topological polar surface area (TPSA) is 87.8 Å². The number of nitrogens with one attached hydrogen (secondary N) is 1. The summed E-state index contributed by atoms with van der Waals surface area (Å²) >= 11 is 13.6. The number of carbonyl (C=O) groups excluding carboxylic acids is 2. The number of aliphatic imine (C=N–C) groups is 1. The zero-order valence-electron chi connectivity index (χ0n) is 18.4. The second kappa shape index (κ2) is 9.05. The average Bonchev–Trinajstić information content (AvgIpc) is 3.26. The van der Waals surface area contributed by atoms with Gasteiger partial charge < -0.3 is 16.0 Å². The van der Waals surface area contributed by atoms with Gasteiger partial charge in [-0.1, -0.05) is 61.3 Å². The fourth-order valence-electron chi connectivity index (χ4n) is 4.32. The van der Waals surface area contributed by atoms with Crippen molar-refractivity contribution >= 4 is 51.9 Å². The highest BCUT2D eigenvalue weighted by Crippen LogP contribution is 2.56. The number of amides is 2. The summed E-state index contributed by atoms with van der Waals surface area (Å²) in [4.78, 5) is 31.9. The van der Waals surface area contributed by atoms with Crippen molar-refractivity contribution in [2.24, 2.45) is 16.6 Å². The maximum absolute atomic E-state index is 12.9. The molecule has 9 heteroatoms. The number of amidine groups is 1. The Labute approximate surface area is 207 Å². The van der Waals surface area contributed by atoms with E-state index < -0.39 is 11.4 Å². The number of halogens is 2. The SMILES string of the molecule is CC(C)C1=C(C(=O)NCC(N)=O)SC2=N[C@@](C)(c3ccc(Cl)cc3)[C@@H](c3ccc(Cl)cc3)N21. The highest BCUT2D eigenvalue weighted by atomic mass is 35.5. The number of hydrogen-bond donors (Lipinski definition) is 2. The first-order chi connectivity index (χ1) is 15.6. The predicted octanol–water partition coefficient (Wildman–Crippen LogP) is 4.84. The van der Waals surface area contributed by atoms with Gasteiger partial charge in [-0.05, 0) is 60.0 Å². The van der Waals surface area contributed by atoms with E-state index in [1.165, 1.54) is 11.8 Å². The normalized spacial score (nSPS) is 21.9. The Morgan fingerprint density at radius 3 is 2.24 bits per heavy atom. The maximum atomic E-state index is 12.9. The fraction of sp³-hybridized carbons (Fsp3) is 0.292. The third-order valence-corrected chi connectivity index (χ3v) is 7.37. The fourth-order valence-corrected chi connectivity index (χ4v) is 5.90. The number of benzene rings is 2. The number of allylic oxidation sites excluding steroid dienone is 1.